The van der Waals surface area contributed by atoms with Crippen LogP contribution in [0.2, 0.25) is 5.02 Å². The van der Waals surface area contributed by atoms with E-state index in [1.54, 1.807) is 12.4 Å². The molecule has 0 saturated heterocycles. The van der Waals surface area contributed by atoms with E-state index in [0.29, 0.717) is 5.02 Å². The highest BCUT2D eigenvalue weighted by atomic mass is 35.5. The summed E-state index contributed by atoms with van der Waals surface area (Å²) in [6.45, 7) is 0. The predicted molar refractivity (Wildman–Crippen MR) is 109 cm³/mol. The summed E-state index contributed by atoms with van der Waals surface area (Å²) >= 11 is 7.69. The number of H-pyrrole nitrogens is 1. The molecular formula is C20H15ClN4OS. The van der Waals surface area contributed by atoms with Gasteiger partial charge in [-0.2, -0.15) is 0 Å². The second-order valence-corrected chi connectivity index (χ2v) is 7.13. The van der Waals surface area contributed by atoms with Crippen molar-refractivity contribution in [1.29, 1.82) is 0 Å². The van der Waals surface area contributed by atoms with Gasteiger partial charge >= 0.3 is 0 Å². The van der Waals surface area contributed by atoms with Gasteiger partial charge in [0.15, 0.2) is 0 Å². The Morgan fingerprint density at radius 3 is 2.70 bits per heavy atom. The fourth-order valence-electron chi connectivity index (χ4n) is 2.65. The van der Waals surface area contributed by atoms with E-state index < -0.39 is 0 Å². The van der Waals surface area contributed by atoms with Crippen LogP contribution in [0.5, 0.6) is 0 Å². The van der Waals surface area contributed by atoms with E-state index in [9.17, 15) is 4.79 Å². The third kappa shape index (κ3) is 4.07. The van der Waals surface area contributed by atoms with Crippen molar-refractivity contribution < 1.29 is 4.79 Å². The van der Waals surface area contributed by atoms with Crippen molar-refractivity contribution in [3.8, 4) is 22.0 Å². The molecule has 1 amide bonds. The summed E-state index contributed by atoms with van der Waals surface area (Å²) in [6.07, 6.45) is 3.69. The van der Waals surface area contributed by atoms with Crippen molar-refractivity contribution in [2.24, 2.45) is 0 Å². The maximum absolute atomic E-state index is 12.3. The van der Waals surface area contributed by atoms with Crippen LogP contribution in [0.4, 0.5) is 5.69 Å². The van der Waals surface area contributed by atoms with Crippen LogP contribution in [-0.4, -0.2) is 20.9 Å². The first-order valence-corrected chi connectivity index (χ1v) is 9.54. The van der Waals surface area contributed by atoms with E-state index >= 15 is 0 Å². The Morgan fingerprint density at radius 1 is 1.15 bits per heavy atom. The molecule has 2 N–H and O–H groups in total. The molecule has 0 unspecified atom stereocenters. The molecule has 7 heteroatoms. The van der Waals surface area contributed by atoms with Gasteiger partial charge in [0, 0.05) is 34.6 Å². The number of hydrogen-bond acceptors (Lipinski definition) is 4. The van der Waals surface area contributed by atoms with Crippen LogP contribution in [0.15, 0.2) is 66.3 Å². The van der Waals surface area contributed by atoms with Gasteiger partial charge in [-0.15, -0.1) is 11.3 Å². The van der Waals surface area contributed by atoms with Crippen LogP contribution in [-0.2, 0) is 11.2 Å². The van der Waals surface area contributed by atoms with Crippen LogP contribution < -0.4 is 5.32 Å². The fraction of sp³-hybridized carbons (Fsp3) is 0.0500. The molecule has 0 spiro atoms. The highest BCUT2D eigenvalue weighted by Crippen LogP contribution is 2.30. The van der Waals surface area contributed by atoms with E-state index in [0.717, 1.165) is 33.3 Å². The zero-order chi connectivity index (χ0) is 18.6. The Morgan fingerprint density at radius 2 is 1.96 bits per heavy atom. The lowest BCUT2D eigenvalue weighted by Crippen LogP contribution is -2.14. The predicted octanol–water partition coefficient (Wildman–Crippen LogP) is 5.03. The zero-order valence-corrected chi connectivity index (χ0v) is 15.7. The maximum atomic E-state index is 12.3. The van der Waals surface area contributed by atoms with Gasteiger partial charge in [0.25, 0.3) is 0 Å². The Bertz CT molecular complexity index is 1060. The SMILES string of the molecule is O=C(Cc1csc(-c2ccccc2Cl)n1)Nc1ccc(-c2ncc[nH]2)cc1. The van der Waals surface area contributed by atoms with E-state index in [1.165, 1.54) is 11.3 Å². The molecule has 2 aromatic heterocycles. The number of nitrogens with zero attached hydrogens (tertiary/aromatic N) is 2. The first-order valence-electron chi connectivity index (χ1n) is 8.28. The molecule has 0 bridgehead atoms. The normalized spacial score (nSPS) is 10.7. The smallest absolute Gasteiger partial charge is 0.230 e. The first-order chi connectivity index (χ1) is 13.2. The number of anilines is 1. The number of hydrogen-bond donors (Lipinski definition) is 2. The van der Waals surface area contributed by atoms with Crippen LogP contribution in [0.25, 0.3) is 22.0 Å². The third-order valence-corrected chi connectivity index (χ3v) is 5.19. The summed E-state index contributed by atoms with van der Waals surface area (Å²) < 4.78 is 0. The third-order valence-electron chi connectivity index (χ3n) is 3.94. The van der Waals surface area contributed by atoms with Crippen molar-refractivity contribution in [2.75, 3.05) is 5.32 Å². The monoisotopic (exact) mass is 394 g/mol. The van der Waals surface area contributed by atoms with Crippen LogP contribution in [0.1, 0.15) is 5.69 Å². The summed E-state index contributed by atoms with van der Waals surface area (Å²) in [5.74, 6) is 0.680. The van der Waals surface area contributed by atoms with Gasteiger partial charge in [-0.05, 0) is 30.3 Å². The summed E-state index contributed by atoms with van der Waals surface area (Å²) in [4.78, 5) is 24.1. The number of carbonyl (C=O) groups excluding carboxylic acids is 1. The molecule has 0 aliphatic heterocycles. The molecule has 5 nitrogen and oxygen atoms in total. The molecule has 2 aromatic carbocycles. The summed E-state index contributed by atoms with van der Waals surface area (Å²) in [5, 5.41) is 6.24. The van der Waals surface area contributed by atoms with Crippen LogP contribution >= 0.6 is 22.9 Å². The van der Waals surface area contributed by atoms with Gasteiger partial charge in [0.2, 0.25) is 5.91 Å². The average molecular weight is 395 g/mol. The van der Waals surface area contributed by atoms with Crippen molar-refractivity contribution >= 4 is 34.5 Å². The van der Waals surface area contributed by atoms with E-state index in [1.807, 2.05) is 53.9 Å². The Balaban J connectivity index is 1.41. The first kappa shape index (κ1) is 17.5. The Kier molecular flexibility index (Phi) is 5.00. The molecule has 4 aromatic rings. The number of rotatable bonds is 5. The highest BCUT2D eigenvalue weighted by Gasteiger charge is 2.11. The number of imidazole rings is 1. The maximum Gasteiger partial charge on any atom is 0.230 e. The number of amides is 1. The lowest BCUT2D eigenvalue weighted by molar-refractivity contribution is -0.115. The summed E-state index contributed by atoms with van der Waals surface area (Å²) in [7, 11) is 0. The molecule has 27 heavy (non-hydrogen) atoms. The lowest BCUT2D eigenvalue weighted by Gasteiger charge is -2.05. The van der Waals surface area contributed by atoms with Gasteiger partial charge in [-0.1, -0.05) is 29.8 Å². The minimum atomic E-state index is -0.114. The van der Waals surface area contributed by atoms with Crippen LogP contribution in [0, 0.1) is 0 Å². The molecule has 2 heterocycles. The molecule has 134 valence electrons. The van der Waals surface area contributed by atoms with Gasteiger partial charge in [-0.3, -0.25) is 4.79 Å². The van der Waals surface area contributed by atoms with Gasteiger partial charge in [0.1, 0.15) is 10.8 Å². The fourth-order valence-corrected chi connectivity index (χ4v) is 3.79. The minimum absolute atomic E-state index is 0.114. The van der Waals surface area contributed by atoms with E-state index in [4.69, 9.17) is 11.6 Å². The molecule has 0 fully saturated rings. The number of thiazole rings is 1. The van der Waals surface area contributed by atoms with Gasteiger partial charge in [-0.25, -0.2) is 9.97 Å². The highest BCUT2D eigenvalue weighted by molar-refractivity contribution is 7.13. The second kappa shape index (κ2) is 7.73. The molecule has 4 rings (SSSR count). The van der Waals surface area contributed by atoms with Crippen molar-refractivity contribution in [3.05, 3.63) is 77.0 Å². The summed E-state index contributed by atoms with van der Waals surface area (Å²) in [5.41, 5.74) is 3.29. The number of halogens is 1. The van der Waals surface area contributed by atoms with E-state index in [-0.39, 0.29) is 12.3 Å². The number of aromatic nitrogens is 3. The topological polar surface area (TPSA) is 70.7 Å². The van der Waals surface area contributed by atoms with E-state index in [2.05, 4.69) is 20.3 Å². The number of aromatic amines is 1. The second-order valence-electron chi connectivity index (χ2n) is 5.86. The lowest BCUT2D eigenvalue weighted by atomic mass is 10.2. The Hall–Kier alpha value is -2.96. The van der Waals surface area contributed by atoms with Crippen molar-refractivity contribution in [2.45, 2.75) is 6.42 Å². The summed E-state index contributed by atoms with van der Waals surface area (Å²) in [6, 6.07) is 15.1. The van der Waals surface area contributed by atoms with Crippen LogP contribution in [0.3, 0.4) is 0 Å². The number of nitrogens with one attached hydrogen (secondary N) is 2. The van der Waals surface area contributed by atoms with Gasteiger partial charge < -0.3 is 10.3 Å². The van der Waals surface area contributed by atoms with Crippen molar-refractivity contribution in [1.82, 2.24) is 15.0 Å². The molecule has 0 aliphatic rings. The average Bonchev–Trinajstić information content (AvgIpc) is 3.35. The molecule has 0 aliphatic carbocycles. The van der Waals surface area contributed by atoms with Gasteiger partial charge in [0.05, 0.1) is 17.1 Å². The quantitative estimate of drug-likeness (QED) is 0.498. The van der Waals surface area contributed by atoms with Crippen molar-refractivity contribution in [3.63, 3.8) is 0 Å². The largest absolute Gasteiger partial charge is 0.345 e. The zero-order valence-electron chi connectivity index (χ0n) is 14.1. The number of benzene rings is 2. The molecule has 0 radical (unpaired) electrons. The molecule has 0 saturated carbocycles. The standard InChI is InChI=1S/C20H15ClN4OS/c21-17-4-2-1-3-16(17)20-25-15(12-27-20)11-18(26)24-14-7-5-13(6-8-14)19-22-9-10-23-19/h1-10,12H,11H2,(H,22,23)(H,24,26). The minimum Gasteiger partial charge on any atom is -0.345 e. The molecular weight excluding hydrogens is 380 g/mol. The Labute approximate surface area is 165 Å². The number of carbonyl (C=O) groups is 1. The molecule has 0 atom stereocenters.